The molecular formula is C19H20N6O4S. The molecule has 3 heterocycles. The quantitative estimate of drug-likeness (QED) is 0.654. The van der Waals surface area contributed by atoms with E-state index in [1.807, 2.05) is 18.4 Å². The average molecular weight is 428 g/mol. The highest BCUT2D eigenvalue weighted by Gasteiger charge is 2.34. The number of hydrogen-bond acceptors (Lipinski definition) is 7. The van der Waals surface area contributed by atoms with Gasteiger partial charge in [-0.05, 0) is 32.0 Å². The SMILES string of the molecule is COc1cc2c(c(S(N)(=O)=O)c1)CN(c1cccc(-c3nncn3C(C)C)n1)C2=O. The summed E-state index contributed by atoms with van der Waals surface area (Å²) in [6.45, 7) is 4.02. The number of aromatic nitrogens is 4. The molecule has 1 amide bonds. The number of hydrogen-bond donors (Lipinski definition) is 1. The number of amides is 1. The second-order valence-corrected chi connectivity index (χ2v) is 8.65. The van der Waals surface area contributed by atoms with Crippen LogP contribution in [-0.4, -0.2) is 41.2 Å². The number of carbonyl (C=O) groups is 1. The maximum absolute atomic E-state index is 13.1. The number of sulfonamides is 1. The van der Waals surface area contributed by atoms with Gasteiger partial charge in [-0.1, -0.05) is 6.07 Å². The largest absolute Gasteiger partial charge is 0.497 e. The Labute approximate surface area is 173 Å². The van der Waals surface area contributed by atoms with Crippen molar-refractivity contribution in [1.82, 2.24) is 19.7 Å². The van der Waals surface area contributed by atoms with Crippen LogP contribution in [0.25, 0.3) is 11.5 Å². The van der Waals surface area contributed by atoms with Crippen molar-refractivity contribution in [2.75, 3.05) is 12.0 Å². The van der Waals surface area contributed by atoms with Crippen molar-refractivity contribution in [1.29, 1.82) is 0 Å². The number of pyridine rings is 1. The van der Waals surface area contributed by atoms with Crippen LogP contribution >= 0.6 is 0 Å². The zero-order chi connectivity index (χ0) is 21.6. The molecule has 1 aromatic carbocycles. The Bertz CT molecular complexity index is 1250. The fourth-order valence-corrected chi connectivity index (χ4v) is 4.21. The van der Waals surface area contributed by atoms with Crippen molar-refractivity contribution < 1.29 is 17.9 Å². The third-order valence-corrected chi connectivity index (χ3v) is 5.86. The van der Waals surface area contributed by atoms with Gasteiger partial charge in [-0.2, -0.15) is 0 Å². The highest BCUT2D eigenvalue weighted by atomic mass is 32.2. The molecule has 1 aliphatic rings. The summed E-state index contributed by atoms with van der Waals surface area (Å²) in [6, 6.07) is 8.17. The lowest BCUT2D eigenvalue weighted by atomic mass is 10.1. The lowest BCUT2D eigenvalue weighted by Crippen LogP contribution is -2.24. The van der Waals surface area contributed by atoms with Crippen LogP contribution in [0.4, 0.5) is 5.82 Å². The molecule has 0 aliphatic carbocycles. The fraction of sp³-hybridized carbons (Fsp3) is 0.263. The van der Waals surface area contributed by atoms with Crippen LogP contribution in [0.15, 0.2) is 41.6 Å². The van der Waals surface area contributed by atoms with E-state index >= 15 is 0 Å². The maximum Gasteiger partial charge on any atom is 0.260 e. The minimum absolute atomic E-state index is 0.0250. The van der Waals surface area contributed by atoms with Gasteiger partial charge in [-0.25, -0.2) is 18.5 Å². The minimum Gasteiger partial charge on any atom is -0.497 e. The number of rotatable bonds is 5. The molecule has 156 valence electrons. The Balaban J connectivity index is 1.78. The first-order valence-corrected chi connectivity index (χ1v) is 10.7. The number of anilines is 1. The molecule has 3 aromatic rings. The number of primary sulfonamides is 1. The molecule has 0 unspecified atom stereocenters. The zero-order valence-electron chi connectivity index (χ0n) is 16.6. The van der Waals surface area contributed by atoms with Crippen LogP contribution in [0.2, 0.25) is 0 Å². The zero-order valence-corrected chi connectivity index (χ0v) is 17.4. The Kier molecular flexibility index (Phi) is 4.79. The first kappa shape index (κ1) is 20.0. The highest BCUT2D eigenvalue weighted by Crippen LogP contribution is 2.35. The monoisotopic (exact) mass is 428 g/mol. The van der Waals surface area contributed by atoms with Crippen LogP contribution in [0.5, 0.6) is 5.75 Å². The summed E-state index contributed by atoms with van der Waals surface area (Å²) in [5.41, 5.74) is 1.09. The molecule has 0 fully saturated rings. The van der Waals surface area contributed by atoms with Crippen LogP contribution in [-0.2, 0) is 16.6 Å². The summed E-state index contributed by atoms with van der Waals surface area (Å²) in [4.78, 5) is 18.9. The van der Waals surface area contributed by atoms with Gasteiger partial charge in [-0.3, -0.25) is 9.69 Å². The predicted molar refractivity (Wildman–Crippen MR) is 109 cm³/mol. The first-order chi connectivity index (χ1) is 14.2. The molecule has 0 saturated heterocycles. The van der Waals surface area contributed by atoms with Gasteiger partial charge in [0.15, 0.2) is 5.82 Å². The van der Waals surface area contributed by atoms with Gasteiger partial charge < -0.3 is 9.30 Å². The van der Waals surface area contributed by atoms with E-state index in [2.05, 4.69) is 15.2 Å². The molecule has 11 heteroatoms. The maximum atomic E-state index is 13.1. The molecule has 0 radical (unpaired) electrons. The minimum atomic E-state index is -4.05. The van der Waals surface area contributed by atoms with E-state index in [0.717, 1.165) is 0 Å². The van der Waals surface area contributed by atoms with E-state index in [-0.39, 0.29) is 34.7 Å². The number of carbonyl (C=O) groups excluding carboxylic acids is 1. The van der Waals surface area contributed by atoms with Crippen molar-refractivity contribution in [3.8, 4) is 17.3 Å². The summed E-state index contributed by atoms with van der Waals surface area (Å²) in [5, 5.41) is 13.5. The van der Waals surface area contributed by atoms with Crippen LogP contribution < -0.4 is 14.8 Å². The number of fused-ring (bicyclic) bond motifs is 1. The number of ether oxygens (including phenoxy) is 1. The fourth-order valence-electron chi connectivity index (χ4n) is 3.41. The van der Waals surface area contributed by atoms with E-state index in [1.54, 1.807) is 24.5 Å². The van der Waals surface area contributed by atoms with E-state index in [0.29, 0.717) is 22.9 Å². The van der Waals surface area contributed by atoms with Crippen LogP contribution in [0.1, 0.15) is 35.8 Å². The standard InChI is InChI=1S/C19H20N6O4S/c1-11(2)25-10-21-23-18(25)15-5-4-6-17(22-15)24-9-14-13(19(24)26)7-12(29-3)8-16(14)30(20,27)28/h4-8,10-11H,9H2,1-3H3,(H2,20,27,28). The summed E-state index contributed by atoms with van der Waals surface area (Å²) in [7, 11) is -2.66. The summed E-state index contributed by atoms with van der Waals surface area (Å²) in [6.07, 6.45) is 1.62. The molecule has 0 spiro atoms. The van der Waals surface area contributed by atoms with E-state index in [9.17, 15) is 13.2 Å². The van der Waals surface area contributed by atoms with Crippen LogP contribution in [0.3, 0.4) is 0 Å². The van der Waals surface area contributed by atoms with Gasteiger partial charge in [0.1, 0.15) is 23.6 Å². The molecule has 2 aromatic heterocycles. The van der Waals surface area contributed by atoms with Crippen LogP contribution in [0, 0.1) is 0 Å². The van der Waals surface area contributed by atoms with E-state index in [4.69, 9.17) is 9.88 Å². The molecular weight excluding hydrogens is 408 g/mol. The molecule has 30 heavy (non-hydrogen) atoms. The average Bonchev–Trinajstić information content (AvgIpc) is 3.32. The van der Waals surface area contributed by atoms with E-state index in [1.165, 1.54) is 24.1 Å². The van der Waals surface area contributed by atoms with Gasteiger partial charge in [0, 0.05) is 23.2 Å². The van der Waals surface area contributed by atoms with Crippen molar-refractivity contribution >= 4 is 21.7 Å². The Morgan fingerprint density at radius 2 is 2.00 bits per heavy atom. The normalized spacial score (nSPS) is 13.8. The number of nitrogens with two attached hydrogens (primary N) is 1. The predicted octanol–water partition coefficient (Wildman–Crippen LogP) is 1.74. The summed E-state index contributed by atoms with van der Waals surface area (Å²) in [5.74, 6) is 0.790. The topological polar surface area (TPSA) is 133 Å². The Morgan fingerprint density at radius 3 is 2.67 bits per heavy atom. The van der Waals surface area contributed by atoms with Gasteiger partial charge >= 0.3 is 0 Å². The molecule has 0 atom stereocenters. The van der Waals surface area contributed by atoms with Crippen molar-refractivity contribution in [3.63, 3.8) is 0 Å². The molecule has 1 aliphatic heterocycles. The van der Waals surface area contributed by atoms with Crippen molar-refractivity contribution in [2.24, 2.45) is 5.14 Å². The third-order valence-electron chi connectivity index (χ3n) is 4.89. The number of nitrogens with zero attached hydrogens (tertiary/aromatic N) is 5. The second kappa shape index (κ2) is 7.18. The molecule has 10 nitrogen and oxygen atoms in total. The first-order valence-electron chi connectivity index (χ1n) is 9.13. The van der Waals surface area contributed by atoms with Gasteiger partial charge in [-0.15, -0.1) is 10.2 Å². The van der Waals surface area contributed by atoms with Crippen molar-refractivity contribution in [2.45, 2.75) is 31.3 Å². The second-order valence-electron chi connectivity index (χ2n) is 7.12. The summed E-state index contributed by atoms with van der Waals surface area (Å²) >= 11 is 0. The van der Waals surface area contributed by atoms with Gasteiger partial charge in [0.05, 0.1) is 18.6 Å². The third kappa shape index (κ3) is 3.31. The lowest BCUT2D eigenvalue weighted by molar-refractivity contribution is 0.0995. The van der Waals surface area contributed by atoms with Gasteiger partial charge in [0.25, 0.3) is 5.91 Å². The van der Waals surface area contributed by atoms with Crippen molar-refractivity contribution in [3.05, 3.63) is 47.8 Å². The molecule has 0 bridgehead atoms. The lowest BCUT2D eigenvalue weighted by Gasteiger charge is -2.16. The Morgan fingerprint density at radius 1 is 1.23 bits per heavy atom. The molecule has 4 rings (SSSR count). The Hall–Kier alpha value is -3.31. The highest BCUT2D eigenvalue weighted by molar-refractivity contribution is 7.89. The molecule has 0 saturated carbocycles. The van der Waals surface area contributed by atoms with Gasteiger partial charge in [0.2, 0.25) is 10.0 Å². The summed E-state index contributed by atoms with van der Waals surface area (Å²) < 4.78 is 31.2. The molecule has 2 N–H and O–H groups in total. The smallest absolute Gasteiger partial charge is 0.260 e. The van der Waals surface area contributed by atoms with E-state index < -0.39 is 10.0 Å². The number of methoxy groups -OCH3 is 1. The number of benzene rings is 1.